The van der Waals surface area contributed by atoms with Crippen molar-refractivity contribution in [3.63, 3.8) is 0 Å². The molecule has 3 fully saturated rings. The third-order valence-corrected chi connectivity index (χ3v) is 13.2. The van der Waals surface area contributed by atoms with Crippen LogP contribution >= 0.6 is 0 Å². The zero-order valence-corrected chi connectivity index (χ0v) is 29.3. The summed E-state index contributed by atoms with van der Waals surface area (Å²) in [6, 6.07) is 0. The van der Waals surface area contributed by atoms with Gasteiger partial charge in [0.15, 0.2) is 0 Å². The van der Waals surface area contributed by atoms with Gasteiger partial charge < -0.3 is 4.74 Å². The van der Waals surface area contributed by atoms with E-state index in [4.69, 9.17) is 4.74 Å². The average molecular weight is 593 g/mol. The second-order valence-electron chi connectivity index (χ2n) is 16.3. The van der Waals surface area contributed by atoms with E-state index < -0.39 is 0 Å². The lowest BCUT2D eigenvalue weighted by Crippen LogP contribution is -2.51. The van der Waals surface area contributed by atoms with E-state index in [-0.39, 0.29) is 12.1 Å². The normalized spacial score (nSPS) is 35.4. The third kappa shape index (κ3) is 8.30. The summed E-state index contributed by atoms with van der Waals surface area (Å²) < 4.78 is 6.09. The number of unbranched alkanes of at least 4 members (excludes halogenated alkanes) is 6. The molecule has 43 heavy (non-hydrogen) atoms. The molecule has 0 amide bonds. The number of fused-ring (bicyclic) bond motifs is 5. The predicted octanol–water partition coefficient (Wildman–Crippen LogP) is 12.0. The molecule has 4 rings (SSSR count). The number of carbonyl (C=O) groups excluding carboxylic acids is 1. The Balaban J connectivity index is 1.24. The first-order chi connectivity index (χ1) is 20.6. The Labute approximate surface area is 267 Å². The lowest BCUT2D eigenvalue weighted by atomic mass is 9.47. The van der Waals surface area contributed by atoms with Crippen LogP contribution in [0.15, 0.2) is 36.0 Å². The van der Waals surface area contributed by atoms with E-state index in [1.807, 2.05) is 0 Å². The standard InChI is InChI=1S/C41H68O2/c1-8-9-10-11-12-13-14-15-16-17-18-39(42)43-34-25-27-40(6)33(29-34)21-22-35-37-24-23-36(41(37,7)28-26-38(35)40)32(5)20-19-31(4)30(2)3/h10-11,19-21,30-32,34-38H,8-9,12-18,22-29H2,1-7H3/b11-10-,20-19+. The monoisotopic (exact) mass is 593 g/mol. The lowest BCUT2D eigenvalue weighted by Gasteiger charge is -2.58. The van der Waals surface area contributed by atoms with E-state index in [1.54, 1.807) is 5.57 Å². The number of ether oxygens (including phenoxy) is 1. The molecule has 3 saturated carbocycles. The molecule has 0 aromatic heterocycles. The van der Waals surface area contributed by atoms with Crippen LogP contribution in [0.4, 0.5) is 0 Å². The van der Waals surface area contributed by atoms with Crippen LogP contribution in [-0.2, 0) is 9.53 Å². The number of esters is 1. The quantitative estimate of drug-likeness (QED) is 0.107. The van der Waals surface area contributed by atoms with Crippen LogP contribution in [0.1, 0.15) is 158 Å². The molecule has 2 heteroatoms. The van der Waals surface area contributed by atoms with Gasteiger partial charge in [-0.1, -0.05) is 110 Å². The van der Waals surface area contributed by atoms with E-state index in [0.717, 1.165) is 55.3 Å². The van der Waals surface area contributed by atoms with Crippen molar-refractivity contribution in [3.05, 3.63) is 36.0 Å². The van der Waals surface area contributed by atoms with Crippen molar-refractivity contribution in [1.82, 2.24) is 0 Å². The summed E-state index contributed by atoms with van der Waals surface area (Å²) in [5.41, 5.74) is 2.43. The van der Waals surface area contributed by atoms with Gasteiger partial charge in [-0.25, -0.2) is 0 Å². The van der Waals surface area contributed by atoms with E-state index in [1.165, 1.54) is 77.0 Å². The largest absolute Gasteiger partial charge is 0.462 e. The van der Waals surface area contributed by atoms with Gasteiger partial charge in [0.25, 0.3) is 0 Å². The molecule has 9 unspecified atom stereocenters. The Morgan fingerprint density at radius 2 is 1.65 bits per heavy atom. The number of rotatable bonds is 15. The molecule has 244 valence electrons. The minimum Gasteiger partial charge on any atom is -0.462 e. The Hall–Kier alpha value is -1.31. The molecule has 4 aliphatic rings. The van der Waals surface area contributed by atoms with E-state index in [0.29, 0.717) is 29.1 Å². The Bertz CT molecular complexity index is 972. The van der Waals surface area contributed by atoms with Gasteiger partial charge in [0, 0.05) is 12.8 Å². The predicted molar refractivity (Wildman–Crippen MR) is 184 cm³/mol. The molecule has 0 saturated heterocycles. The van der Waals surface area contributed by atoms with Crippen molar-refractivity contribution < 1.29 is 9.53 Å². The van der Waals surface area contributed by atoms with Gasteiger partial charge in [-0.15, -0.1) is 0 Å². The molecule has 0 aromatic carbocycles. The van der Waals surface area contributed by atoms with Crippen LogP contribution in [0.2, 0.25) is 0 Å². The zero-order chi connectivity index (χ0) is 31.0. The van der Waals surface area contributed by atoms with Crippen LogP contribution in [0.3, 0.4) is 0 Å². The molecule has 2 nitrogen and oxygen atoms in total. The summed E-state index contributed by atoms with van der Waals surface area (Å²) in [4.78, 5) is 12.7. The molecule has 0 radical (unpaired) electrons. The summed E-state index contributed by atoms with van der Waals surface area (Å²) in [6.07, 6.45) is 32.7. The minimum absolute atomic E-state index is 0.0433. The molecule has 0 heterocycles. The maximum absolute atomic E-state index is 12.7. The fourth-order valence-electron chi connectivity index (χ4n) is 10.0. The van der Waals surface area contributed by atoms with Crippen molar-refractivity contribution in [3.8, 4) is 0 Å². The van der Waals surface area contributed by atoms with Gasteiger partial charge in [-0.05, 0) is 123 Å². The highest BCUT2D eigenvalue weighted by atomic mass is 16.5. The second kappa shape index (κ2) is 15.8. The van der Waals surface area contributed by atoms with E-state index in [9.17, 15) is 4.79 Å². The van der Waals surface area contributed by atoms with Crippen molar-refractivity contribution in [2.24, 2.45) is 52.3 Å². The zero-order valence-electron chi connectivity index (χ0n) is 29.3. The van der Waals surface area contributed by atoms with Gasteiger partial charge >= 0.3 is 5.97 Å². The van der Waals surface area contributed by atoms with Gasteiger partial charge in [0.1, 0.15) is 6.10 Å². The highest BCUT2D eigenvalue weighted by Gasteiger charge is 2.59. The summed E-state index contributed by atoms with van der Waals surface area (Å²) in [7, 11) is 0. The highest BCUT2D eigenvalue weighted by Crippen LogP contribution is 2.67. The van der Waals surface area contributed by atoms with Gasteiger partial charge in [-0.3, -0.25) is 4.79 Å². The molecule has 0 bridgehead atoms. The first-order valence-electron chi connectivity index (χ1n) is 18.8. The van der Waals surface area contributed by atoms with Crippen LogP contribution in [0, 0.1) is 52.3 Å². The summed E-state index contributed by atoms with van der Waals surface area (Å²) in [6.45, 7) is 17.0. The third-order valence-electron chi connectivity index (χ3n) is 13.2. The first kappa shape index (κ1) is 34.6. The van der Waals surface area contributed by atoms with Crippen LogP contribution < -0.4 is 0 Å². The molecule has 0 spiro atoms. The molecule has 0 aliphatic heterocycles. The van der Waals surface area contributed by atoms with Gasteiger partial charge in [0.05, 0.1) is 0 Å². The first-order valence-corrected chi connectivity index (χ1v) is 18.8. The molecule has 0 aromatic rings. The lowest BCUT2D eigenvalue weighted by molar-refractivity contribution is -0.151. The topological polar surface area (TPSA) is 26.3 Å². The molecular weight excluding hydrogens is 524 g/mol. The van der Waals surface area contributed by atoms with Crippen molar-refractivity contribution >= 4 is 5.97 Å². The van der Waals surface area contributed by atoms with Crippen LogP contribution in [0.25, 0.3) is 0 Å². The minimum atomic E-state index is 0.0433. The number of hydrogen-bond acceptors (Lipinski definition) is 2. The molecule has 0 N–H and O–H groups in total. The highest BCUT2D eigenvalue weighted by molar-refractivity contribution is 5.69. The maximum Gasteiger partial charge on any atom is 0.306 e. The Morgan fingerprint density at radius 3 is 2.42 bits per heavy atom. The summed E-state index contributed by atoms with van der Waals surface area (Å²) in [5.74, 6) is 5.47. The van der Waals surface area contributed by atoms with Gasteiger partial charge in [0.2, 0.25) is 0 Å². The Kier molecular flexibility index (Phi) is 12.7. The number of carbonyl (C=O) groups is 1. The average Bonchev–Trinajstić information content (AvgIpc) is 3.34. The van der Waals surface area contributed by atoms with Crippen molar-refractivity contribution in [1.29, 1.82) is 0 Å². The summed E-state index contributed by atoms with van der Waals surface area (Å²) >= 11 is 0. The fraction of sp³-hybridized carbons (Fsp3) is 0.829. The van der Waals surface area contributed by atoms with E-state index in [2.05, 4.69) is 78.8 Å². The SMILES string of the molecule is CCC/C=C\CCCCCCCC(=O)OC1CCC2(C)C(=CCC3C2CCC2(C)C(C(C)/C=C/C(C)C(C)C)CCC32)C1. The fourth-order valence-corrected chi connectivity index (χ4v) is 10.0. The van der Waals surface area contributed by atoms with Gasteiger partial charge in [-0.2, -0.15) is 0 Å². The number of hydrogen-bond donors (Lipinski definition) is 0. The van der Waals surface area contributed by atoms with Crippen LogP contribution in [0.5, 0.6) is 0 Å². The maximum atomic E-state index is 12.7. The van der Waals surface area contributed by atoms with Crippen molar-refractivity contribution in [2.45, 2.75) is 164 Å². The molecule has 4 aliphatic carbocycles. The van der Waals surface area contributed by atoms with Crippen LogP contribution in [-0.4, -0.2) is 12.1 Å². The summed E-state index contributed by atoms with van der Waals surface area (Å²) in [5, 5.41) is 0. The van der Waals surface area contributed by atoms with E-state index >= 15 is 0 Å². The molecular formula is C41H68O2. The van der Waals surface area contributed by atoms with Crippen molar-refractivity contribution in [2.75, 3.05) is 0 Å². The smallest absolute Gasteiger partial charge is 0.306 e. The second-order valence-corrected chi connectivity index (χ2v) is 16.3. The number of allylic oxidation sites excluding steroid dienone is 5. The molecule has 9 atom stereocenters. The Morgan fingerprint density at radius 1 is 0.907 bits per heavy atom.